The number of para-hydroxylation sites is 1. The predicted molar refractivity (Wildman–Crippen MR) is 86.5 cm³/mol. The summed E-state index contributed by atoms with van der Waals surface area (Å²) in [6.07, 6.45) is 2.26. The van der Waals surface area contributed by atoms with Gasteiger partial charge in [0.1, 0.15) is 0 Å². The minimum Gasteiger partial charge on any atom is -0.385 e. The topological polar surface area (TPSA) is 33.1 Å². The van der Waals surface area contributed by atoms with E-state index in [1.807, 2.05) is 48.5 Å². The van der Waals surface area contributed by atoms with E-state index in [0.717, 1.165) is 22.0 Å². The fourth-order valence-corrected chi connectivity index (χ4v) is 3.01. The lowest BCUT2D eigenvalue weighted by Gasteiger charge is -2.25. The largest absolute Gasteiger partial charge is 0.385 e. The molecule has 0 radical (unpaired) electrons. The van der Waals surface area contributed by atoms with Crippen LogP contribution >= 0.6 is 11.6 Å². The fourth-order valence-electron chi connectivity index (χ4n) is 2.67. The van der Waals surface area contributed by atoms with Gasteiger partial charge in [0.05, 0.1) is 11.1 Å². The molecule has 0 fully saturated rings. The molecule has 1 atom stereocenters. The number of fused-ring (bicyclic) bond motifs is 1. The normalized spacial score (nSPS) is 14.0. The maximum absolute atomic E-state index is 10.9. The molecule has 1 unspecified atom stereocenters. The Labute approximate surface area is 129 Å². The van der Waals surface area contributed by atoms with Crippen LogP contribution in [0.2, 0.25) is 5.02 Å². The van der Waals surface area contributed by atoms with Crippen molar-refractivity contribution < 1.29 is 5.11 Å². The number of aromatic nitrogens is 1. The molecule has 0 saturated heterocycles. The highest BCUT2D eigenvalue weighted by atomic mass is 35.5. The zero-order valence-corrected chi connectivity index (χ0v) is 12.5. The lowest BCUT2D eigenvalue weighted by Crippen LogP contribution is -2.24. The Morgan fingerprint density at radius 2 is 1.76 bits per heavy atom. The first-order valence-corrected chi connectivity index (χ1v) is 7.26. The zero-order chi connectivity index (χ0) is 14.9. The number of benzene rings is 2. The average molecular weight is 298 g/mol. The second-order valence-corrected chi connectivity index (χ2v) is 5.82. The van der Waals surface area contributed by atoms with Crippen molar-refractivity contribution in [1.82, 2.24) is 4.98 Å². The first-order chi connectivity index (χ1) is 10.1. The van der Waals surface area contributed by atoms with E-state index < -0.39 is 5.60 Å². The summed E-state index contributed by atoms with van der Waals surface area (Å²) in [4.78, 5) is 4.35. The van der Waals surface area contributed by atoms with E-state index in [2.05, 4.69) is 4.98 Å². The Hall–Kier alpha value is -1.90. The fraction of sp³-hybridized carbons (Fsp3) is 0.167. The minimum absolute atomic E-state index is 0.486. The van der Waals surface area contributed by atoms with Crippen molar-refractivity contribution in [1.29, 1.82) is 0 Å². The van der Waals surface area contributed by atoms with E-state index in [1.165, 1.54) is 0 Å². The molecule has 2 aromatic carbocycles. The van der Waals surface area contributed by atoms with Gasteiger partial charge in [-0.05, 0) is 30.7 Å². The van der Waals surface area contributed by atoms with Gasteiger partial charge in [-0.1, -0.05) is 48.0 Å². The van der Waals surface area contributed by atoms with Gasteiger partial charge in [-0.15, -0.1) is 0 Å². The molecule has 2 nitrogen and oxygen atoms in total. The van der Waals surface area contributed by atoms with Crippen LogP contribution in [0.5, 0.6) is 0 Å². The molecule has 106 valence electrons. The molecule has 1 N–H and O–H groups in total. The van der Waals surface area contributed by atoms with Crippen LogP contribution in [-0.2, 0) is 12.0 Å². The summed E-state index contributed by atoms with van der Waals surface area (Å²) >= 11 is 6.22. The molecule has 3 heteroatoms. The van der Waals surface area contributed by atoms with Crippen molar-refractivity contribution in [2.75, 3.05) is 0 Å². The van der Waals surface area contributed by atoms with Gasteiger partial charge in [-0.25, -0.2) is 0 Å². The number of nitrogens with zero attached hydrogens (tertiary/aromatic N) is 1. The Balaban J connectivity index is 2.04. The molecule has 0 aliphatic rings. The summed E-state index contributed by atoms with van der Waals surface area (Å²) in [7, 11) is 0. The van der Waals surface area contributed by atoms with Crippen LogP contribution in [0.4, 0.5) is 0 Å². The first-order valence-electron chi connectivity index (χ1n) is 6.88. The van der Waals surface area contributed by atoms with Crippen LogP contribution in [0.15, 0.2) is 60.8 Å². The number of hydrogen-bond acceptors (Lipinski definition) is 2. The maximum Gasteiger partial charge on any atom is 0.0923 e. The SMILES string of the molecule is CC(O)(Cc1ccnc2ccccc12)c1ccccc1Cl. The highest BCUT2D eigenvalue weighted by Gasteiger charge is 2.26. The summed E-state index contributed by atoms with van der Waals surface area (Å²) < 4.78 is 0. The second-order valence-electron chi connectivity index (χ2n) is 5.42. The summed E-state index contributed by atoms with van der Waals surface area (Å²) in [5, 5.41) is 12.5. The second kappa shape index (κ2) is 5.47. The standard InChI is InChI=1S/C18H16ClNO/c1-18(21,15-7-3-4-8-16(15)19)12-13-10-11-20-17-9-5-2-6-14(13)17/h2-11,21H,12H2,1H3. The molecular weight excluding hydrogens is 282 g/mol. The van der Waals surface area contributed by atoms with Gasteiger partial charge in [0.25, 0.3) is 0 Å². The molecule has 0 aliphatic carbocycles. The van der Waals surface area contributed by atoms with Gasteiger partial charge < -0.3 is 5.11 Å². The van der Waals surface area contributed by atoms with Crippen molar-refractivity contribution in [3.8, 4) is 0 Å². The Kier molecular flexibility index (Phi) is 3.66. The van der Waals surface area contributed by atoms with Crippen LogP contribution in [-0.4, -0.2) is 10.1 Å². The third kappa shape index (κ3) is 2.78. The van der Waals surface area contributed by atoms with Gasteiger partial charge in [0.2, 0.25) is 0 Å². The van der Waals surface area contributed by atoms with Crippen molar-refractivity contribution in [2.45, 2.75) is 18.9 Å². The van der Waals surface area contributed by atoms with Crippen LogP contribution < -0.4 is 0 Å². The summed E-state index contributed by atoms with van der Waals surface area (Å²) in [5.41, 5.74) is 1.71. The molecule has 1 heterocycles. The Morgan fingerprint density at radius 1 is 1.05 bits per heavy atom. The lowest BCUT2D eigenvalue weighted by molar-refractivity contribution is 0.0581. The van der Waals surface area contributed by atoms with E-state index in [4.69, 9.17) is 11.6 Å². The number of hydrogen-bond donors (Lipinski definition) is 1. The third-order valence-corrected chi connectivity index (χ3v) is 4.06. The zero-order valence-electron chi connectivity index (χ0n) is 11.8. The minimum atomic E-state index is -1.03. The van der Waals surface area contributed by atoms with E-state index in [9.17, 15) is 5.11 Å². The van der Waals surface area contributed by atoms with Gasteiger partial charge in [0, 0.05) is 28.6 Å². The average Bonchev–Trinajstić information content (AvgIpc) is 2.47. The van der Waals surface area contributed by atoms with Crippen molar-refractivity contribution in [3.63, 3.8) is 0 Å². The Bertz CT molecular complexity index is 778. The highest BCUT2D eigenvalue weighted by molar-refractivity contribution is 6.31. The summed E-state index contributed by atoms with van der Waals surface area (Å²) in [5.74, 6) is 0. The van der Waals surface area contributed by atoms with Gasteiger partial charge in [-0.3, -0.25) is 4.98 Å². The quantitative estimate of drug-likeness (QED) is 0.780. The third-order valence-electron chi connectivity index (χ3n) is 3.73. The maximum atomic E-state index is 10.9. The Morgan fingerprint density at radius 3 is 2.57 bits per heavy atom. The molecule has 0 bridgehead atoms. The van der Waals surface area contributed by atoms with E-state index in [0.29, 0.717) is 11.4 Å². The van der Waals surface area contributed by atoms with Crippen LogP contribution in [0.3, 0.4) is 0 Å². The van der Waals surface area contributed by atoms with Crippen LogP contribution in [0.25, 0.3) is 10.9 Å². The molecular formula is C18H16ClNO. The number of rotatable bonds is 3. The molecule has 0 aliphatic heterocycles. The van der Waals surface area contributed by atoms with Crippen LogP contribution in [0.1, 0.15) is 18.1 Å². The van der Waals surface area contributed by atoms with Crippen molar-refractivity contribution in [3.05, 3.63) is 76.9 Å². The summed E-state index contributed by atoms with van der Waals surface area (Å²) in [6, 6.07) is 17.3. The molecule has 0 spiro atoms. The number of halogens is 1. The smallest absolute Gasteiger partial charge is 0.0923 e. The van der Waals surface area contributed by atoms with E-state index in [1.54, 1.807) is 19.2 Å². The number of pyridine rings is 1. The highest BCUT2D eigenvalue weighted by Crippen LogP contribution is 2.32. The lowest BCUT2D eigenvalue weighted by atomic mass is 9.88. The van der Waals surface area contributed by atoms with Gasteiger partial charge in [0.15, 0.2) is 0 Å². The summed E-state index contributed by atoms with van der Waals surface area (Å²) in [6.45, 7) is 1.80. The molecule has 21 heavy (non-hydrogen) atoms. The number of aliphatic hydroxyl groups is 1. The first kappa shape index (κ1) is 14.1. The molecule has 0 amide bonds. The van der Waals surface area contributed by atoms with E-state index >= 15 is 0 Å². The van der Waals surface area contributed by atoms with Gasteiger partial charge in [-0.2, -0.15) is 0 Å². The molecule has 3 rings (SSSR count). The van der Waals surface area contributed by atoms with Gasteiger partial charge >= 0.3 is 0 Å². The van der Waals surface area contributed by atoms with E-state index in [-0.39, 0.29) is 0 Å². The monoisotopic (exact) mass is 297 g/mol. The molecule has 0 saturated carbocycles. The molecule has 3 aromatic rings. The molecule has 1 aromatic heterocycles. The van der Waals surface area contributed by atoms with Crippen molar-refractivity contribution >= 4 is 22.5 Å². The van der Waals surface area contributed by atoms with Crippen molar-refractivity contribution in [2.24, 2.45) is 0 Å². The van der Waals surface area contributed by atoms with Crippen LogP contribution in [0, 0.1) is 0 Å². The predicted octanol–water partition coefficient (Wildman–Crippen LogP) is 4.34.